The van der Waals surface area contributed by atoms with Gasteiger partial charge >= 0.3 is 175 Å². The first-order valence-corrected chi connectivity index (χ1v) is 26.6. The molecule has 0 fully saturated rings. The summed E-state index contributed by atoms with van der Waals surface area (Å²) in [5, 5.41) is -1.64. The van der Waals surface area contributed by atoms with Crippen molar-refractivity contribution in [2.45, 2.75) is 227 Å². The normalized spacial score (nSPS) is 12.7. The summed E-state index contributed by atoms with van der Waals surface area (Å²) in [4.78, 5) is 0. The Morgan fingerprint density at radius 3 is 0.787 bits per heavy atom. The van der Waals surface area contributed by atoms with E-state index in [-0.39, 0.29) is 17.0 Å². The van der Waals surface area contributed by atoms with Crippen molar-refractivity contribution < 1.29 is 21.5 Å². The summed E-state index contributed by atoms with van der Waals surface area (Å²) in [6.07, 6.45) is 49.4. The van der Waals surface area contributed by atoms with Gasteiger partial charge in [0, 0.05) is 0 Å². The summed E-state index contributed by atoms with van der Waals surface area (Å²) in [7, 11) is 6.86. The van der Waals surface area contributed by atoms with Crippen molar-refractivity contribution >= 4 is 20.8 Å². The van der Waals surface area contributed by atoms with Crippen molar-refractivity contribution in [2.75, 3.05) is 52.3 Å². The number of halogens is 2. The molecule has 0 unspecified atom stereocenters. The van der Waals surface area contributed by atoms with Gasteiger partial charge in [0.05, 0.1) is 27.7 Å². The predicted molar refractivity (Wildman–Crippen MR) is 225 cm³/mol. The van der Waals surface area contributed by atoms with Crippen LogP contribution in [0.5, 0.6) is 0 Å². The third kappa shape index (κ3) is 38.4. The molecular formula is C43H94Br2NP. The quantitative estimate of drug-likeness (QED) is 0.0340. The maximum Gasteiger partial charge on any atom is 0.0780 e. The molecule has 0 spiro atoms. The number of hydrogen-bond donors (Lipinski definition) is 0. The third-order valence-electron chi connectivity index (χ3n) is 10.5. The Labute approximate surface area is 320 Å². The predicted octanol–water partition coefficient (Wildman–Crippen LogP) is 13.3. The van der Waals surface area contributed by atoms with E-state index in [1.807, 2.05) is 0 Å². The van der Waals surface area contributed by atoms with Crippen LogP contribution < -0.4 is 17.0 Å². The minimum absolute atomic E-state index is 0. The van der Waals surface area contributed by atoms with Crippen molar-refractivity contribution in [3.8, 4) is 0 Å². The fraction of sp³-hybridized carbons (Fsp3) is 1.00. The van der Waals surface area contributed by atoms with E-state index in [0.29, 0.717) is 0 Å². The minimum Gasteiger partial charge on any atom is -1.00 e. The first-order chi connectivity index (χ1) is 22.1. The Balaban J connectivity index is -0.000000963. The molecule has 0 heterocycles. The molecule has 0 N–H and O–H groups in total. The molecule has 0 radical (unpaired) electrons. The summed E-state index contributed by atoms with van der Waals surface area (Å²) in [5.74, 6) is 0. The molecule has 0 aliphatic carbocycles. The van der Waals surface area contributed by atoms with Gasteiger partial charge in [0.1, 0.15) is 0 Å². The zero-order chi connectivity index (χ0) is 34.7. The van der Waals surface area contributed by atoms with Crippen molar-refractivity contribution in [1.29, 1.82) is 0 Å². The van der Waals surface area contributed by atoms with E-state index in [0.717, 1.165) is 4.48 Å². The molecule has 0 rings (SSSR count). The number of nitrogens with zero attached hydrogens (tertiary/aromatic N) is 1. The molecule has 1 nitrogen and oxygen atoms in total. The van der Waals surface area contributed by atoms with Gasteiger partial charge in [-0.15, -0.1) is 0 Å². The second kappa shape index (κ2) is 37.1. The molecule has 0 saturated carbocycles. The van der Waals surface area contributed by atoms with E-state index in [4.69, 9.17) is 0 Å². The summed E-state index contributed by atoms with van der Waals surface area (Å²) in [6, 6.07) is 0. The Morgan fingerprint density at radius 1 is 0.319 bits per heavy atom. The van der Waals surface area contributed by atoms with Crippen LogP contribution in [0.2, 0.25) is 0 Å². The first kappa shape index (κ1) is 52.7. The van der Waals surface area contributed by atoms with Crippen molar-refractivity contribution in [1.82, 2.24) is 0 Å². The van der Waals surface area contributed by atoms with E-state index < -0.39 is 5.31 Å². The molecule has 47 heavy (non-hydrogen) atoms. The fourth-order valence-electron chi connectivity index (χ4n) is 7.11. The molecule has 4 heteroatoms. The summed E-state index contributed by atoms with van der Waals surface area (Å²) in [5.41, 5.74) is 0. The largest absolute Gasteiger partial charge is 1.00 e. The van der Waals surface area contributed by atoms with Crippen LogP contribution in [-0.2, 0) is 0 Å². The zero-order valence-corrected chi connectivity index (χ0v) is 38.5. The zero-order valence-electron chi connectivity index (χ0n) is 34.4. The summed E-state index contributed by atoms with van der Waals surface area (Å²) >= 11 is 4.56. The van der Waals surface area contributed by atoms with Crippen LogP contribution in [0.3, 0.4) is 0 Å². The van der Waals surface area contributed by atoms with E-state index in [1.54, 1.807) is 0 Å². The van der Waals surface area contributed by atoms with Gasteiger partial charge in [-0.2, -0.15) is 0 Å². The number of quaternary nitrogens is 1. The Bertz CT molecular complexity index is 566. The Morgan fingerprint density at radius 2 is 0.532 bits per heavy atom. The first-order valence-electron chi connectivity index (χ1n) is 21.6. The average molecular weight is 816 g/mol. The smallest absolute Gasteiger partial charge is 0.0780 e. The number of unbranched alkanes of at least 4 members (excludes halogenated alkanes) is 25. The molecular weight excluding hydrogens is 721 g/mol. The second-order valence-corrected chi connectivity index (χ2v) is 28.0. The number of rotatable bonds is 35. The van der Waals surface area contributed by atoms with Crippen LogP contribution in [0.25, 0.3) is 0 Å². The monoisotopic (exact) mass is 814 g/mol. The maximum absolute atomic E-state index is 4.56. The molecule has 0 atom stereocenters. The van der Waals surface area contributed by atoms with E-state index in [1.165, 1.54) is 224 Å². The second-order valence-electron chi connectivity index (χ2n) is 16.6. The van der Waals surface area contributed by atoms with E-state index >= 15 is 0 Å². The van der Waals surface area contributed by atoms with Crippen molar-refractivity contribution in [2.24, 2.45) is 0 Å². The molecule has 0 aliphatic rings. The molecule has 0 aromatic heterocycles. The van der Waals surface area contributed by atoms with E-state index in [9.17, 15) is 0 Å². The van der Waals surface area contributed by atoms with Gasteiger partial charge in [0.25, 0.3) is 0 Å². The molecule has 0 aromatic rings. The van der Waals surface area contributed by atoms with Gasteiger partial charge in [-0.3, -0.25) is 0 Å². The van der Waals surface area contributed by atoms with E-state index in [2.05, 4.69) is 71.3 Å². The SMILES string of the molecule is CCCCCCCCCCCCCCCCP(Br)(CCCC)(CCCC)CCCC.CCCCCCCCCCCC[N+](C)(C)C.[Br-]. The van der Waals surface area contributed by atoms with Crippen LogP contribution in [0.15, 0.2) is 0 Å². The average Bonchev–Trinajstić information content (AvgIpc) is 3.03. The van der Waals surface area contributed by atoms with Crippen molar-refractivity contribution in [3.05, 3.63) is 0 Å². The van der Waals surface area contributed by atoms with Gasteiger partial charge in [0.15, 0.2) is 0 Å². The Hall–Kier alpha value is 1.35. The fourth-order valence-corrected chi connectivity index (χ4v) is 15.8. The molecule has 0 aliphatic heterocycles. The van der Waals surface area contributed by atoms with Gasteiger partial charge < -0.3 is 21.5 Å². The van der Waals surface area contributed by atoms with Crippen LogP contribution in [0.4, 0.5) is 0 Å². The topological polar surface area (TPSA) is 0 Å². The molecule has 0 amide bonds. The van der Waals surface area contributed by atoms with Gasteiger partial charge in [-0.25, -0.2) is 0 Å². The van der Waals surface area contributed by atoms with Gasteiger partial charge in [-0.1, -0.05) is 84.5 Å². The molecule has 290 valence electrons. The van der Waals surface area contributed by atoms with Crippen LogP contribution >= 0.6 is 20.8 Å². The standard InChI is InChI=1S/C28H60BrP.C15H34N.BrH/c1-5-9-13-14-15-16-17-18-19-20-21-22-23-24-28-30(29,25-10-6-2,26-11-7-3)27-12-8-4;1-5-6-7-8-9-10-11-12-13-14-15-16(2,3)4;/h5-28H2,1-4H3;5-15H2,1-4H3;1H/q;+1;/p-1. The van der Waals surface area contributed by atoms with Crippen LogP contribution in [0, 0.1) is 0 Å². The van der Waals surface area contributed by atoms with Gasteiger partial charge in [0.2, 0.25) is 0 Å². The number of hydrogen-bond acceptors (Lipinski definition) is 0. The minimum atomic E-state index is -1.64. The van der Waals surface area contributed by atoms with Crippen molar-refractivity contribution in [3.63, 3.8) is 0 Å². The van der Waals surface area contributed by atoms with Crippen LogP contribution in [0.1, 0.15) is 227 Å². The Kier molecular flexibility index (Phi) is 41.6. The summed E-state index contributed by atoms with van der Waals surface area (Å²) in [6.45, 7) is 13.0. The maximum atomic E-state index is 4.56. The summed E-state index contributed by atoms with van der Waals surface area (Å²) < 4.78 is 1.12. The molecule has 0 saturated heterocycles. The molecule has 0 bridgehead atoms. The van der Waals surface area contributed by atoms with Gasteiger partial charge in [-0.05, 0) is 12.8 Å². The van der Waals surface area contributed by atoms with Crippen LogP contribution in [-0.4, -0.2) is 56.8 Å². The molecule has 0 aromatic carbocycles. The third-order valence-corrected chi connectivity index (χ3v) is 20.5.